The number of amides is 2. The van der Waals surface area contributed by atoms with Gasteiger partial charge < -0.3 is 19.1 Å². The van der Waals surface area contributed by atoms with Gasteiger partial charge in [-0.25, -0.2) is 14.3 Å². The number of carbonyl (C=O) groups is 3. The van der Waals surface area contributed by atoms with Crippen molar-refractivity contribution >= 4 is 18.2 Å². The molecule has 1 unspecified atom stereocenters. The molecule has 1 fully saturated rings. The number of benzene rings is 2. The maximum Gasteiger partial charge on any atom is 0.410 e. The Balaban J connectivity index is 1.35. The molecule has 6 rings (SSSR count). The number of hydrogen-bond acceptors (Lipinski definition) is 7. The molecule has 3 aliphatic rings. The molecule has 0 saturated heterocycles. The van der Waals surface area contributed by atoms with Crippen molar-refractivity contribution in [2.24, 2.45) is 0 Å². The third-order valence-corrected chi connectivity index (χ3v) is 8.54. The molecule has 10 heteroatoms. The van der Waals surface area contributed by atoms with Crippen molar-refractivity contribution in [3.8, 4) is 11.4 Å². The van der Waals surface area contributed by atoms with Gasteiger partial charge in [-0.3, -0.25) is 9.69 Å². The molecule has 10 nitrogen and oxygen atoms in total. The number of carbonyl (C=O) groups excluding carboxylic acids is 3. The van der Waals surface area contributed by atoms with Crippen molar-refractivity contribution in [2.75, 3.05) is 19.6 Å². The molecule has 2 aliphatic heterocycles. The fraction of sp³-hybridized carbons (Fsp3) is 0.471. The molecule has 0 N–H and O–H groups in total. The Morgan fingerprint density at radius 2 is 1.75 bits per heavy atom. The molecule has 1 aliphatic carbocycles. The monoisotopic (exact) mass is 600 g/mol. The summed E-state index contributed by atoms with van der Waals surface area (Å²) in [6, 6.07) is 15.1. The minimum atomic E-state index is -0.676. The van der Waals surface area contributed by atoms with Gasteiger partial charge in [0.1, 0.15) is 17.9 Å². The van der Waals surface area contributed by atoms with E-state index in [-0.39, 0.29) is 13.2 Å². The van der Waals surface area contributed by atoms with Gasteiger partial charge in [-0.2, -0.15) is 5.10 Å². The summed E-state index contributed by atoms with van der Waals surface area (Å²) in [5.74, 6) is 0.566. The van der Waals surface area contributed by atoms with Crippen LogP contribution < -0.4 is 4.74 Å². The number of hydrogen-bond donors (Lipinski definition) is 0. The Labute approximate surface area is 257 Å². The Morgan fingerprint density at radius 3 is 2.43 bits per heavy atom. The summed E-state index contributed by atoms with van der Waals surface area (Å²) in [7, 11) is 0. The minimum absolute atomic E-state index is 0.162. The minimum Gasteiger partial charge on any atom is -0.445 e. The van der Waals surface area contributed by atoms with Crippen LogP contribution >= 0.6 is 0 Å². The maximum atomic E-state index is 13.5. The molecule has 0 bridgehead atoms. The second kappa shape index (κ2) is 12.0. The summed E-state index contributed by atoms with van der Waals surface area (Å²) >= 11 is 0. The first-order chi connectivity index (χ1) is 21.1. The van der Waals surface area contributed by atoms with Crippen molar-refractivity contribution in [1.29, 1.82) is 0 Å². The third kappa shape index (κ3) is 6.16. The summed E-state index contributed by atoms with van der Waals surface area (Å²) in [6.07, 6.45) is 3.61. The first kappa shape index (κ1) is 29.7. The highest BCUT2D eigenvalue weighted by Gasteiger charge is 2.42. The zero-order valence-electron chi connectivity index (χ0n) is 25.9. The van der Waals surface area contributed by atoms with Gasteiger partial charge in [-0.15, -0.1) is 0 Å². The van der Waals surface area contributed by atoms with Crippen LogP contribution in [0.15, 0.2) is 48.5 Å². The second-order valence-electron chi connectivity index (χ2n) is 12.8. The zero-order valence-corrected chi connectivity index (χ0v) is 25.9. The zero-order chi connectivity index (χ0) is 31.0. The normalized spacial score (nSPS) is 18.1. The van der Waals surface area contributed by atoms with Gasteiger partial charge >= 0.3 is 18.2 Å². The molecule has 0 radical (unpaired) electrons. The number of ether oxygens (including phenoxy) is 3. The van der Waals surface area contributed by atoms with E-state index in [1.54, 1.807) is 9.80 Å². The standard InChI is InChI=1S/C34H40N4O6/c1-22(39)43-30-19-25(24-11-8-12-24)13-14-27(30)38-28-16-18-37(33(41)44-34(2,3)4)29-20-36(17-15-26(35-38)31(28)29)32(40)42-21-23-9-6-5-7-10-23/h5-7,9-10,13-14,19,24,29H,8,11-12,15-18,20-21H2,1-4H3. The van der Waals surface area contributed by atoms with E-state index in [1.165, 1.54) is 13.3 Å². The average Bonchev–Trinajstić information content (AvgIpc) is 3.19. The highest BCUT2D eigenvalue weighted by Crippen LogP contribution is 2.42. The van der Waals surface area contributed by atoms with Crippen LogP contribution in [0, 0.1) is 0 Å². The summed E-state index contributed by atoms with van der Waals surface area (Å²) in [4.78, 5) is 42.3. The predicted octanol–water partition coefficient (Wildman–Crippen LogP) is 6.09. The largest absolute Gasteiger partial charge is 0.445 e. The molecule has 3 aromatic rings. The van der Waals surface area contributed by atoms with Gasteiger partial charge in [0.25, 0.3) is 0 Å². The lowest BCUT2D eigenvalue weighted by Crippen LogP contribution is -2.47. The third-order valence-electron chi connectivity index (χ3n) is 8.54. The molecule has 232 valence electrons. The number of aromatic nitrogens is 2. The fourth-order valence-electron chi connectivity index (χ4n) is 6.25. The molecule has 3 heterocycles. The Bertz CT molecular complexity index is 1560. The van der Waals surface area contributed by atoms with E-state index in [1.807, 2.05) is 67.9 Å². The topological polar surface area (TPSA) is 103 Å². The summed E-state index contributed by atoms with van der Waals surface area (Å²) in [5, 5.41) is 5.04. The van der Waals surface area contributed by atoms with Crippen LogP contribution in [0.5, 0.6) is 5.75 Å². The average molecular weight is 601 g/mol. The molecule has 0 spiro atoms. The van der Waals surface area contributed by atoms with Crippen LogP contribution in [-0.4, -0.2) is 63.0 Å². The smallest absolute Gasteiger partial charge is 0.410 e. The highest BCUT2D eigenvalue weighted by molar-refractivity contribution is 5.73. The first-order valence-electron chi connectivity index (χ1n) is 15.5. The van der Waals surface area contributed by atoms with E-state index in [0.29, 0.717) is 43.3 Å². The van der Waals surface area contributed by atoms with Gasteiger partial charge in [0.2, 0.25) is 0 Å². The second-order valence-corrected chi connectivity index (χ2v) is 12.8. The Kier molecular flexibility index (Phi) is 8.09. The van der Waals surface area contributed by atoms with E-state index in [4.69, 9.17) is 19.3 Å². The van der Waals surface area contributed by atoms with Crippen molar-refractivity contribution in [3.63, 3.8) is 0 Å². The van der Waals surface area contributed by atoms with Crippen LogP contribution in [0.2, 0.25) is 0 Å². The summed E-state index contributed by atoms with van der Waals surface area (Å²) < 4.78 is 19.1. The van der Waals surface area contributed by atoms with Crippen LogP contribution in [0.25, 0.3) is 5.69 Å². The van der Waals surface area contributed by atoms with Gasteiger partial charge in [0, 0.05) is 45.0 Å². The molecular weight excluding hydrogens is 560 g/mol. The highest BCUT2D eigenvalue weighted by atomic mass is 16.6. The Morgan fingerprint density at radius 1 is 0.977 bits per heavy atom. The SMILES string of the molecule is CC(=O)Oc1cc(C2CCC2)ccc1-n1nc2c3c1CCN(C(=O)OC(C)(C)C)C3CN(C(=O)OCc1ccccc1)CC2. The van der Waals surface area contributed by atoms with Gasteiger partial charge in [-0.1, -0.05) is 42.8 Å². The maximum absolute atomic E-state index is 13.5. The molecule has 1 atom stereocenters. The van der Waals surface area contributed by atoms with Crippen molar-refractivity contribution in [2.45, 2.75) is 84.0 Å². The lowest BCUT2D eigenvalue weighted by Gasteiger charge is -2.38. The number of esters is 1. The van der Waals surface area contributed by atoms with Crippen LogP contribution in [0.1, 0.15) is 87.0 Å². The van der Waals surface area contributed by atoms with Crippen LogP contribution in [0.3, 0.4) is 0 Å². The molecule has 2 amide bonds. The van der Waals surface area contributed by atoms with E-state index < -0.39 is 29.8 Å². The predicted molar refractivity (Wildman–Crippen MR) is 163 cm³/mol. The van der Waals surface area contributed by atoms with Crippen molar-refractivity contribution in [1.82, 2.24) is 19.6 Å². The van der Waals surface area contributed by atoms with Gasteiger partial charge in [0.05, 0.1) is 17.4 Å². The van der Waals surface area contributed by atoms with Gasteiger partial charge in [0.15, 0.2) is 5.75 Å². The molecule has 1 aromatic heterocycles. The molecule has 1 saturated carbocycles. The van der Waals surface area contributed by atoms with Crippen LogP contribution in [0.4, 0.5) is 9.59 Å². The van der Waals surface area contributed by atoms with E-state index in [0.717, 1.165) is 40.9 Å². The molecule has 44 heavy (non-hydrogen) atoms. The molecular formula is C34H40N4O6. The van der Waals surface area contributed by atoms with E-state index >= 15 is 0 Å². The summed E-state index contributed by atoms with van der Waals surface area (Å²) in [6.45, 7) is 8.10. The van der Waals surface area contributed by atoms with Gasteiger partial charge in [-0.05, 0) is 62.8 Å². The summed E-state index contributed by atoms with van der Waals surface area (Å²) in [5.41, 5.74) is 4.73. The lowest BCUT2D eigenvalue weighted by atomic mass is 9.80. The van der Waals surface area contributed by atoms with Crippen molar-refractivity contribution < 1.29 is 28.6 Å². The Hall–Kier alpha value is -4.34. The van der Waals surface area contributed by atoms with Crippen molar-refractivity contribution in [3.05, 3.63) is 76.6 Å². The molecule has 2 aromatic carbocycles. The van der Waals surface area contributed by atoms with E-state index in [9.17, 15) is 14.4 Å². The first-order valence-corrected chi connectivity index (χ1v) is 15.5. The number of rotatable bonds is 5. The number of nitrogens with zero attached hydrogens (tertiary/aromatic N) is 4. The van der Waals surface area contributed by atoms with E-state index in [2.05, 4.69) is 6.07 Å². The lowest BCUT2D eigenvalue weighted by molar-refractivity contribution is -0.131. The quantitative estimate of drug-likeness (QED) is 0.258. The fourth-order valence-corrected chi connectivity index (χ4v) is 6.25. The van der Waals surface area contributed by atoms with Crippen LogP contribution in [-0.2, 0) is 33.7 Å².